The topological polar surface area (TPSA) is 29.5 Å². The Balaban J connectivity index is 1.84. The minimum absolute atomic E-state index is 0.327. The number of rotatable bonds is 2. The molecule has 0 spiro atoms. The molecule has 2 rings (SSSR count). The Morgan fingerprint density at radius 3 is 2.50 bits per heavy atom. The molecule has 1 heterocycles. The van der Waals surface area contributed by atoms with Crippen molar-refractivity contribution < 1.29 is 9.53 Å². The van der Waals surface area contributed by atoms with Gasteiger partial charge in [0.25, 0.3) is 0 Å². The number of ether oxygens (including phenoxy) is 1. The molecule has 3 heteroatoms. The minimum atomic E-state index is 0.327. The number of amides is 1. The zero-order valence-electron chi connectivity index (χ0n) is 9.03. The number of hydrogen-bond acceptors (Lipinski definition) is 2. The Hall–Kier alpha value is -0.570. The van der Waals surface area contributed by atoms with Crippen molar-refractivity contribution >= 4 is 5.91 Å². The average molecular weight is 197 g/mol. The van der Waals surface area contributed by atoms with Crippen molar-refractivity contribution in [2.75, 3.05) is 26.3 Å². The number of morpholine rings is 1. The van der Waals surface area contributed by atoms with Crippen LogP contribution in [-0.4, -0.2) is 37.1 Å². The van der Waals surface area contributed by atoms with Crippen LogP contribution in [0.1, 0.15) is 20.3 Å². The third-order valence-corrected chi connectivity index (χ3v) is 3.34. The fraction of sp³-hybridized carbons (Fsp3) is 0.909. The summed E-state index contributed by atoms with van der Waals surface area (Å²) in [4.78, 5) is 13.9. The molecule has 1 saturated heterocycles. The molecule has 1 aliphatic heterocycles. The lowest BCUT2D eigenvalue weighted by Crippen LogP contribution is -2.41. The van der Waals surface area contributed by atoms with Crippen LogP contribution in [0.4, 0.5) is 0 Å². The highest BCUT2D eigenvalue weighted by atomic mass is 16.5. The fourth-order valence-electron chi connectivity index (χ4n) is 2.25. The molecule has 0 N–H and O–H groups in total. The largest absolute Gasteiger partial charge is 0.378 e. The average Bonchev–Trinajstić information content (AvgIpc) is 2.97. The van der Waals surface area contributed by atoms with E-state index in [4.69, 9.17) is 4.74 Å². The van der Waals surface area contributed by atoms with Gasteiger partial charge in [-0.2, -0.15) is 0 Å². The Morgan fingerprint density at radius 1 is 1.36 bits per heavy atom. The molecule has 0 bridgehead atoms. The molecule has 2 unspecified atom stereocenters. The SMILES string of the molecule is CC(C)C1CC1C(=O)N1CCOCC1. The van der Waals surface area contributed by atoms with E-state index in [9.17, 15) is 4.79 Å². The zero-order chi connectivity index (χ0) is 10.1. The van der Waals surface area contributed by atoms with Gasteiger partial charge >= 0.3 is 0 Å². The molecule has 1 aliphatic carbocycles. The first-order chi connectivity index (χ1) is 6.70. The highest BCUT2D eigenvalue weighted by Gasteiger charge is 2.46. The van der Waals surface area contributed by atoms with E-state index in [1.165, 1.54) is 0 Å². The molecule has 0 aromatic heterocycles. The minimum Gasteiger partial charge on any atom is -0.378 e. The van der Waals surface area contributed by atoms with Crippen LogP contribution >= 0.6 is 0 Å². The van der Waals surface area contributed by atoms with Gasteiger partial charge in [0.1, 0.15) is 0 Å². The third-order valence-electron chi connectivity index (χ3n) is 3.34. The first-order valence-corrected chi connectivity index (χ1v) is 5.56. The van der Waals surface area contributed by atoms with Gasteiger partial charge in [0.05, 0.1) is 13.2 Å². The molecule has 1 saturated carbocycles. The fourth-order valence-corrected chi connectivity index (χ4v) is 2.25. The van der Waals surface area contributed by atoms with E-state index in [0.717, 1.165) is 19.5 Å². The standard InChI is InChI=1S/C11H19NO2/c1-8(2)9-7-10(9)11(13)12-3-5-14-6-4-12/h8-10H,3-7H2,1-2H3. The van der Waals surface area contributed by atoms with Gasteiger partial charge in [-0.3, -0.25) is 4.79 Å². The molecule has 3 nitrogen and oxygen atoms in total. The van der Waals surface area contributed by atoms with Gasteiger partial charge in [0, 0.05) is 19.0 Å². The Kier molecular flexibility index (Phi) is 2.77. The molecule has 0 aromatic rings. The van der Waals surface area contributed by atoms with E-state index in [1.807, 2.05) is 4.90 Å². The van der Waals surface area contributed by atoms with Crippen LogP contribution in [-0.2, 0) is 9.53 Å². The second-order valence-electron chi connectivity index (χ2n) is 4.69. The zero-order valence-corrected chi connectivity index (χ0v) is 9.03. The van der Waals surface area contributed by atoms with Crippen molar-refractivity contribution in [2.45, 2.75) is 20.3 Å². The van der Waals surface area contributed by atoms with Gasteiger partial charge in [-0.1, -0.05) is 13.8 Å². The van der Waals surface area contributed by atoms with Crippen molar-refractivity contribution in [2.24, 2.45) is 17.8 Å². The van der Waals surface area contributed by atoms with Crippen molar-refractivity contribution in [1.29, 1.82) is 0 Å². The molecule has 2 fully saturated rings. The van der Waals surface area contributed by atoms with Crippen LogP contribution in [0.15, 0.2) is 0 Å². The van der Waals surface area contributed by atoms with E-state index < -0.39 is 0 Å². The maximum Gasteiger partial charge on any atom is 0.226 e. The maximum absolute atomic E-state index is 11.9. The second-order valence-corrected chi connectivity index (χ2v) is 4.69. The van der Waals surface area contributed by atoms with Gasteiger partial charge in [-0.15, -0.1) is 0 Å². The van der Waals surface area contributed by atoms with Gasteiger partial charge in [-0.25, -0.2) is 0 Å². The summed E-state index contributed by atoms with van der Waals surface area (Å²) in [5.74, 6) is 2.00. The monoisotopic (exact) mass is 197 g/mol. The molecule has 14 heavy (non-hydrogen) atoms. The van der Waals surface area contributed by atoms with Crippen LogP contribution in [0, 0.1) is 17.8 Å². The van der Waals surface area contributed by atoms with E-state index in [2.05, 4.69) is 13.8 Å². The van der Waals surface area contributed by atoms with Crippen LogP contribution < -0.4 is 0 Å². The van der Waals surface area contributed by atoms with E-state index in [0.29, 0.717) is 36.9 Å². The van der Waals surface area contributed by atoms with Gasteiger partial charge < -0.3 is 9.64 Å². The summed E-state index contributed by atoms with van der Waals surface area (Å²) in [6.45, 7) is 7.42. The van der Waals surface area contributed by atoms with Gasteiger partial charge in [0.15, 0.2) is 0 Å². The Morgan fingerprint density at radius 2 is 2.00 bits per heavy atom. The molecular weight excluding hydrogens is 178 g/mol. The lowest BCUT2D eigenvalue weighted by Gasteiger charge is -2.27. The number of carbonyl (C=O) groups excluding carboxylic acids is 1. The number of carbonyl (C=O) groups is 1. The summed E-state index contributed by atoms with van der Waals surface area (Å²) in [6.07, 6.45) is 1.11. The maximum atomic E-state index is 11.9. The van der Waals surface area contributed by atoms with Crippen molar-refractivity contribution in [3.8, 4) is 0 Å². The van der Waals surface area contributed by atoms with Crippen molar-refractivity contribution in [3.05, 3.63) is 0 Å². The molecule has 2 aliphatic rings. The predicted octanol–water partition coefficient (Wildman–Crippen LogP) is 1.14. The lowest BCUT2D eigenvalue weighted by atomic mass is 10.1. The second kappa shape index (κ2) is 3.89. The normalized spacial score (nSPS) is 32.1. The van der Waals surface area contributed by atoms with E-state index in [-0.39, 0.29) is 0 Å². The summed E-state index contributed by atoms with van der Waals surface area (Å²) in [5, 5.41) is 0. The summed E-state index contributed by atoms with van der Waals surface area (Å²) >= 11 is 0. The highest BCUT2D eigenvalue weighted by molar-refractivity contribution is 5.81. The summed E-state index contributed by atoms with van der Waals surface area (Å²) in [5.41, 5.74) is 0. The summed E-state index contributed by atoms with van der Waals surface area (Å²) < 4.78 is 5.23. The summed E-state index contributed by atoms with van der Waals surface area (Å²) in [7, 11) is 0. The van der Waals surface area contributed by atoms with Crippen molar-refractivity contribution in [3.63, 3.8) is 0 Å². The molecule has 80 valence electrons. The molecule has 0 aromatic carbocycles. The Bertz CT molecular complexity index is 221. The number of nitrogens with zero attached hydrogens (tertiary/aromatic N) is 1. The van der Waals surface area contributed by atoms with Gasteiger partial charge in [0.2, 0.25) is 5.91 Å². The van der Waals surface area contributed by atoms with Crippen LogP contribution in [0.2, 0.25) is 0 Å². The molecule has 0 radical (unpaired) electrons. The first kappa shape index (κ1) is 9.97. The van der Waals surface area contributed by atoms with E-state index in [1.54, 1.807) is 0 Å². The smallest absolute Gasteiger partial charge is 0.226 e. The molecule has 2 atom stereocenters. The van der Waals surface area contributed by atoms with Gasteiger partial charge in [-0.05, 0) is 18.3 Å². The highest BCUT2D eigenvalue weighted by Crippen LogP contribution is 2.45. The van der Waals surface area contributed by atoms with E-state index >= 15 is 0 Å². The summed E-state index contributed by atoms with van der Waals surface area (Å²) in [6, 6.07) is 0. The molecular formula is C11H19NO2. The third kappa shape index (κ3) is 1.92. The lowest BCUT2D eigenvalue weighted by molar-refractivity contribution is -0.137. The van der Waals surface area contributed by atoms with Crippen molar-refractivity contribution in [1.82, 2.24) is 4.90 Å². The van der Waals surface area contributed by atoms with Crippen LogP contribution in [0.3, 0.4) is 0 Å². The Labute approximate surface area is 85.4 Å². The van der Waals surface area contributed by atoms with Crippen LogP contribution in [0.25, 0.3) is 0 Å². The van der Waals surface area contributed by atoms with Crippen LogP contribution in [0.5, 0.6) is 0 Å². The predicted molar refractivity (Wildman–Crippen MR) is 53.8 cm³/mol. The molecule has 1 amide bonds. The number of hydrogen-bond donors (Lipinski definition) is 0. The first-order valence-electron chi connectivity index (χ1n) is 5.56. The quantitative estimate of drug-likeness (QED) is 0.664.